The molecule has 2 aliphatic heterocycles. The molecule has 176 valence electrons. The third kappa shape index (κ3) is 4.22. The molecule has 0 aliphatic carbocycles. The summed E-state index contributed by atoms with van der Waals surface area (Å²) in [5.41, 5.74) is 5.21. The molecular weight excluding hydrogens is 430 g/mol. The largest absolute Gasteiger partial charge is 0.338 e. The molecule has 0 unspecified atom stereocenters. The van der Waals surface area contributed by atoms with Crippen LogP contribution in [0.1, 0.15) is 27.0 Å². The number of amides is 3. The number of para-hydroxylation sites is 2. The van der Waals surface area contributed by atoms with Crippen LogP contribution < -0.4 is 20.9 Å². The van der Waals surface area contributed by atoms with Crippen LogP contribution in [0.25, 0.3) is 0 Å². The number of aryl methyl sites for hydroxylation is 2. The molecule has 9 nitrogen and oxygen atoms in total. The molecule has 1 fully saturated rings. The van der Waals surface area contributed by atoms with E-state index in [1.54, 1.807) is 15.8 Å². The Bertz CT molecular complexity index is 1230. The average molecular weight is 460 g/mol. The highest BCUT2D eigenvalue weighted by molar-refractivity contribution is 6.08. The molecule has 0 spiro atoms. The van der Waals surface area contributed by atoms with E-state index in [0.717, 1.165) is 47.0 Å². The van der Waals surface area contributed by atoms with Gasteiger partial charge in [0.25, 0.3) is 5.91 Å². The number of rotatable bonds is 3. The smallest absolute Gasteiger partial charge is 0.317 e. The highest BCUT2D eigenvalue weighted by atomic mass is 16.2. The number of piperazine rings is 1. The maximum Gasteiger partial charge on any atom is 0.317 e. The molecule has 5 rings (SSSR count). The number of urea groups is 1. The summed E-state index contributed by atoms with van der Waals surface area (Å²) in [5.74, 6) is 0.806. The minimum absolute atomic E-state index is 0.0537. The Hall–Kier alpha value is -3.85. The zero-order valence-electron chi connectivity index (χ0n) is 19.5. The van der Waals surface area contributed by atoms with Crippen molar-refractivity contribution >= 4 is 29.1 Å². The van der Waals surface area contributed by atoms with Crippen LogP contribution in [0, 0.1) is 6.92 Å². The van der Waals surface area contributed by atoms with Gasteiger partial charge in [0.2, 0.25) is 0 Å². The van der Waals surface area contributed by atoms with Crippen LogP contribution in [0.2, 0.25) is 0 Å². The molecule has 3 N–H and O–H groups in total. The predicted molar refractivity (Wildman–Crippen MR) is 131 cm³/mol. The molecule has 9 heteroatoms. The Balaban J connectivity index is 1.35. The molecule has 1 saturated heterocycles. The summed E-state index contributed by atoms with van der Waals surface area (Å²) >= 11 is 0. The second-order valence-electron chi connectivity index (χ2n) is 8.71. The third-order valence-corrected chi connectivity index (χ3v) is 6.46. The van der Waals surface area contributed by atoms with Crippen LogP contribution in [-0.2, 0) is 20.1 Å². The van der Waals surface area contributed by atoms with Crippen LogP contribution in [0.4, 0.5) is 22.0 Å². The number of nitrogens with zero attached hydrogens (tertiary/aromatic N) is 4. The quantitative estimate of drug-likeness (QED) is 0.560. The van der Waals surface area contributed by atoms with Crippen molar-refractivity contribution in [1.82, 2.24) is 25.3 Å². The van der Waals surface area contributed by atoms with Crippen LogP contribution in [0.3, 0.4) is 0 Å². The van der Waals surface area contributed by atoms with E-state index < -0.39 is 0 Å². The monoisotopic (exact) mass is 459 g/mol. The van der Waals surface area contributed by atoms with Gasteiger partial charge in [0.1, 0.15) is 5.82 Å². The molecule has 3 aromatic rings. The standard InChI is InChI=1S/C25H29N7O2/c1-17-13-18(7-8-19(17)14-27-25(34)31-11-9-26-10-12-31)24(33)32-16-20-15-28-30(2)23(20)29-21-5-3-4-6-22(21)32/h3-8,13,15,26,29H,9-12,14,16H2,1-2H3,(H,27,34). The zero-order chi connectivity index (χ0) is 23.7. The normalized spacial score (nSPS) is 15.1. The number of carbonyl (C=O) groups is 2. The van der Waals surface area contributed by atoms with E-state index in [2.05, 4.69) is 21.0 Å². The Morgan fingerprint density at radius 1 is 1.12 bits per heavy atom. The lowest BCUT2D eigenvalue weighted by molar-refractivity contribution is 0.0985. The highest BCUT2D eigenvalue weighted by Gasteiger charge is 2.27. The van der Waals surface area contributed by atoms with Crippen molar-refractivity contribution in [1.29, 1.82) is 0 Å². The number of fused-ring (bicyclic) bond motifs is 2. The van der Waals surface area contributed by atoms with Gasteiger partial charge in [-0.2, -0.15) is 5.10 Å². The topological polar surface area (TPSA) is 94.5 Å². The predicted octanol–water partition coefficient (Wildman–Crippen LogP) is 2.75. The summed E-state index contributed by atoms with van der Waals surface area (Å²) in [6, 6.07) is 13.4. The molecule has 1 aromatic heterocycles. The maximum absolute atomic E-state index is 13.7. The van der Waals surface area contributed by atoms with E-state index >= 15 is 0 Å². The second-order valence-corrected chi connectivity index (χ2v) is 8.71. The van der Waals surface area contributed by atoms with E-state index in [9.17, 15) is 9.59 Å². The average Bonchev–Trinajstić information content (AvgIpc) is 3.11. The first-order valence-corrected chi connectivity index (χ1v) is 11.5. The van der Waals surface area contributed by atoms with Crippen molar-refractivity contribution in [3.05, 3.63) is 70.9 Å². The second kappa shape index (κ2) is 9.18. The van der Waals surface area contributed by atoms with Crippen molar-refractivity contribution in [3.8, 4) is 0 Å². The van der Waals surface area contributed by atoms with Gasteiger partial charge >= 0.3 is 6.03 Å². The number of hydrogen-bond donors (Lipinski definition) is 3. The molecule has 2 aromatic carbocycles. The van der Waals surface area contributed by atoms with Crippen molar-refractivity contribution < 1.29 is 9.59 Å². The zero-order valence-corrected chi connectivity index (χ0v) is 19.5. The van der Waals surface area contributed by atoms with Crippen LogP contribution >= 0.6 is 0 Å². The summed E-state index contributed by atoms with van der Waals surface area (Å²) in [4.78, 5) is 29.7. The van der Waals surface area contributed by atoms with Gasteiger partial charge in [-0.1, -0.05) is 18.2 Å². The molecule has 2 aliphatic rings. The fourth-order valence-electron chi connectivity index (χ4n) is 4.47. The summed E-state index contributed by atoms with van der Waals surface area (Å²) in [5, 5.41) is 14.0. The van der Waals surface area contributed by atoms with Crippen molar-refractivity contribution in [2.45, 2.75) is 20.0 Å². The van der Waals surface area contributed by atoms with Crippen molar-refractivity contribution in [2.75, 3.05) is 36.4 Å². The lowest BCUT2D eigenvalue weighted by atomic mass is 10.0. The van der Waals surface area contributed by atoms with Crippen LogP contribution in [-0.4, -0.2) is 52.8 Å². The Morgan fingerprint density at radius 3 is 2.71 bits per heavy atom. The van der Waals surface area contributed by atoms with Gasteiger partial charge < -0.3 is 25.8 Å². The fraction of sp³-hybridized carbons (Fsp3) is 0.320. The number of anilines is 3. The first-order chi connectivity index (χ1) is 16.5. The Labute approximate surface area is 198 Å². The molecular formula is C25H29N7O2. The van der Waals surface area contributed by atoms with Crippen molar-refractivity contribution in [2.24, 2.45) is 7.05 Å². The van der Waals surface area contributed by atoms with Gasteiger partial charge in [-0.15, -0.1) is 0 Å². The number of benzene rings is 2. The summed E-state index contributed by atoms with van der Waals surface area (Å²) in [6.45, 7) is 5.89. The van der Waals surface area contributed by atoms with Crippen LogP contribution in [0.5, 0.6) is 0 Å². The van der Waals surface area contributed by atoms with E-state index in [0.29, 0.717) is 31.7 Å². The van der Waals surface area contributed by atoms with Gasteiger partial charge in [0.15, 0.2) is 0 Å². The maximum atomic E-state index is 13.7. The first kappa shape index (κ1) is 22.0. The minimum atomic E-state index is -0.0783. The van der Waals surface area contributed by atoms with Gasteiger partial charge in [-0.05, 0) is 42.3 Å². The Morgan fingerprint density at radius 2 is 1.91 bits per heavy atom. The number of carbonyl (C=O) groups excluding carboxylic acids is 2. The van der Waals surface area contributed by atoms with Gasteiger partial charge in [0, 0.05) is 50.9 Å². The lowest BCUT2D eigenvalue weighted by Crippen LogP contribution is -2.50. The van der Waals surface area contributed by atoms with Gasteiger partial charge in [-0.3, -0.25) is 9.48 Å². The fourth-order valence-corrected chi connectivity index (χ4v) is 4.47. The molecule has 34 heavy (non-hydrogen) atoms. The molecule has 3 amide bonds. The van der Waals surface area contributed by atoms with Crippen molar-refractivity contribution in [3.63, 3.8) is 0 Å². The van der Waals surface area contributed by atoms with E-state index in [1.807, 2.05) is 61.3 Å². The minimum Gasteiger partial charge on any atom is -0.338 e. The highest BCUT2D eigenvalue weighted by Crippen LogP contribution is 2.36. The van der Waals surface area contributed by atoms with E-state index in [1.165, 1.54) is 0 Å². The molecule has 3 heterocycles. The molecule has 0 radical (unpaired) electrons. The molecule has 0 bridgehead atoms. The van der Waals surface area contributed by atoms with Gasteiger partial charge in [-0.25, -0.2) is 4.79 Å². The third-order valence-electron chi connectivity index (χ3n) is 6.46. The summed E-state index contributed by atoms with van der Waals surface area (Å²) in [6.07, 6.45) is 1.80. The van der Waals surface area contributed by atoms with Crippen LogP contribution in [0.15, 0.2) is 48.7 Å². The first-order valence-electron chi connectivity index (χ1n) is 11.5. The number of aromatic nitrogens is 2. The summed E-state index contributed by atoms with van der Waals surface area (Å²) < 4.78 is 1.79. The molecule has 0 atom stereocenters. The van der Waals surface area contributed by atoms with Gasteiger partial charge in [0.05, 0.1) is 24.1 Å². The van der Waals surface area contributed by atoms with E-state index in [4.69, 9.17) is 0 Å². The lowest BCUT2D eigenvalue weighted by Gasteiger charge is -2.27. The van der Waals surface area contributed by atoms with E-state index in [-0.39, 0.29) is 11.9 Å². The summed E-state index contributed by atoms with van der Waals surface area (Å²) in [7, 11) is 1.88. The Kier molecular flexibility index (Phi) is 5.93. The number of hydrogen-bond acceptors (Lipinski definition) is 5. The number of nitrogens with one attached hydrogen (secondary N) is 3. The molecule has 0 saturated carbocycles. The SMILES string of the molecule is Cc1cc(C(=O)N2Cc3cnn(C)c3Nc3ccccc32)ccc1CNC(=O)N1CCNCC1.